The summed E-state index contributed by atoms with van der Waals surface area (Å²) >= 11 is 0. The van der Waals surface area contributed by atoms with Crippen molar-refractivity contribution in [3.8, 4) is 5.75 Å². The summed E-state index contributed by atoms with van der Waals surface area (Å²) in [7, 11) is -1.31. The van der Waals surface area contributed by atoms with Crippen molar-refractivity contribution < 1.29 is 13.2 Å². The van der Waals surface area contributed by atoms with Crippen LogP contribution >= 0.6 is 0 Å². The van der Waals surface area contributed by atoms with Crippen molar-refractivity contribution in [2.45, 2.75) is 45.1 Å². The number of sulfonamides is 1. The number of rotatable bonds is 13. The Kier molecular flexibility index (Phi) is 9.31. The maximum Gasteiger partial charge on any atom is 0.221 e. The van der Waals surface area contributed by atoms with Crippen molar-refractivity contribution in [2.24, 2.45) is 7.05 Å². The molecule has 0 aliphatic carbocycles. The van der Waals surface area contributed by atoms with E-state index in [1.165, 1.54) is 37.9 Å². The molecule has 0 spiro atoms. The molecule has 1 aromatic carbocycles. The minimum atomic E-state index is -3.15. The van der Waals surface area contributed by atoms with Gasteiger partial charge in [0, 0.05) is 33.1 Å². The van der Waals surface area contributed by atoms with Gasteiger partial charge in [0.2, 0.25) is 16.0 Å². The molecule has 2 heterocycles. The van der Waals surface area contributed by atoms with Crippen molar-refractivity contribution in [1.29, 1.82) is 0 Å². The summed E-state index contributed by atoms with van der Waals surface area (Å²) in [6.07, 6.45) is 7.23. The van der Waals surface area contributed by atoms with E-state index in [9.17, 15) is 8.42 Å². The second kappa shape index (κ2) is 12.2. The normalized spacial score (nSPS) is 15.1. The summed E-state index contributed by atoms with van der Waals surface area (Å²) in [5.74, 6) is 2.33. The van der Waals surface area contributed by atoms with E-state index in [0.29, 0.717) is 37.8 Å². The summed E-state index contributed by atoms with van der Waals surface area (Å²) < 4.78 is 32.3. The first-order chi connectivity index (χ1) is 15.4. The molecule has 0 amide bonds. The zero-order chi connectivity index (χ0) is 22.8. The number of benzene rings is 1. The highest BCUT2D eigenvalue weighted by atomic mass is 32.2. The fourth-order valence-electron chi connectivity index (χ4n) is 3.77. The Bertz CT molecular complexity index is 941. The van der Waals surface area contributed by atoms with Gasteiger partial charge in [-0.05, 0) is 56.5 Å². The van der Waals surface area contributed by atoms with Crippen LogP contribution in [-0.4, -0.2) is 67.1 Å². The SMILES string of the molecule is Cn1nc(CCCNS(C)(=O)=O)nc1NCCCOc1cccc(CN2CCCCC2)c1. The van der Waals surface area contributed by atoms with Crippen LogP contribution in [0.15, 0.2) is 24.3 Å². The number of nitrogens with one attached hydrogen (secondary N) is 2. The Morgan fingerprint density at radius 2 is 1.94 bits per heavy atom. The molecule has 1 aromatic heterocycles. The first-order valence-electron chi connectivity index (χ1n) is 11.4. The summed E-state index contributed by atoms with van der Waals surface area (Å²) in [5, 5.41) is 7.67. The van der Waals surface area contributed by atoms with Gasteiger partial charge in [-0.1, -0.05) is 18.6 Å². The van der Waals surface area contributed by atoms with Crippen molar-refractivity contribution in [3.05, 3.63) is 35.7 Å². The van der Waals surface area contributed by atoms with E-state index in [2.05, 4.69) is 43.2 Å². The molecule has 178 valence electrons. The Labute approximate surface area is 191 Å². The highest BCUT2D eigenvalue weighted by Crippen LogP contribution is 2.17. The highest BCUT2D eigenvalue weighted by molar-refractivity contribution is 7.88. The number of piperidine rings is 1. The maximum atomic E-state index is 11.1. The van der Waals surface area contributed by atoms with E-state index in [1.54, 1.807) is 4.68 Å². The molecule has 32 heavy (non-hydrogen) atoms. The first-order valence-corrected chi connectivity index (χ1v) is 13.3. The third-order valence-electron chi connectivity index (χ3n) is 5.37. The molecule has 3 rings (SSSR count). The lowest BCUT2D eigenvalue weighted by Gasteiger charge is -2.26. The molecule has 1 saturated heterocycles. The molecule has 9 nitrogen and oxygen atoms in total. The molecule has 10 heteroatoms. The summed E-state index contributed by atoms with van der Waals surface area (Å²) in [6, 6.07) is 8.40. The van der Waals surface area contributed by atoms with E-state index in [4.69, 9.17) is 4.74 Å². The Morgan fingerprint density at radius 3 is 2.72 bits per heavy atom. The maximum absolute atomic E-state index is 11.1. The molecule has 2 N–H and O–H groups in total. The van der Waals surface area contributed by atoms with Crippen LogP contribution in [0.2, 0.25) is 0 Å². The lowest BCUT2D eigenvalue weighted by Crippen LogP contribution is -2.29. The van der Waals surface area contributed by atoms with Gasteiger partial charge in [-0.25, -0.2) is 17.8 Å². The number of likely N-dealkylation sites (tertiary alicyclic amines) is 1. The van der Waals surface area contributed by atoms with Crippen molar-refractivity contribution in [2.75, 3.05) is 44.4 Å². The minimum absolute atomic E-state index is 0.385. The number of nitrogens with zero attached hydrogens (tertiary/aromatic N) is 4. The number of hydrogen-bond donors (Lipinski definition) is 2. The Hall–Kier alpha value is -2.17. The zero-order valence-corrected chi connectivity index (χ0v) is 20.0. The van der Waals surface area contributed by atoms with E-state index in [1.807, 2.05) is 13.1 Å². The molecule has 0 radical (unpaired) electrons. The predicted molar refractivity (Wildman–Crippen MR) is 126 cm³/mol. The molecule has 0 unspecified atom stereocenters. The van der Waals surface area contributed by atoms with E-state index >= 15 is 0 Å². The topological polar surface area (TPSA) is 101 Å². The molecule has 2 aromatic rings. The van der Waals surface area contributed by atoms with Crippen LogP contribution in [0.3, 0.4) is 0 Å². The van der Waals surface area contributed by atoms with E-state index < -0.39 is 10.0 Å². The largest absolute Gasteiger partial charge is 0.494 e. The minimum Gasteiger partial charge on any atom is -0.494 e. The van der Waals surface area contributed by atoms with Crippen molar-refractivity contribution >= 4 is 16.0 Å². The second-order valence-electron chi connectivity index (χ2n) is 8.36. The molecule has 1 aliphatic heterocycles. The van der Waals surface area contributed by atoms with Crippen LogP contribution in [0.25, 0.3) is 0 Å². The molecule has 0 saturated carbocycles. The third-order valence-corrected chi connectivity index (χ3v) is 6.10. The van der Waals surface area contributed by atoms with Crippen molar-refractivity contribution in [3.63, 3.8) is 0 Å². The average Bonchev–Trinajstić information content (AvgIpc) is 3.11. The Morgan fingerprint density at radius 1 is 1.12 bits per heavy atom. The molecule has 0 atom stereocenters. The van der Waals surface area contributed by atoms with E-state index in [-0.39, 0.29) is 0 Å². The van der Waals surface area contributed by atoms with Crippen LogP contribution < -0.4 is 14.8 Å². The lowest BCUT2D eigenvalue weighted by molar-refractivity contribution is 0.220. The fraction of sp³-hybridized carbons (Fsp3) is 0.636. The number of ether oxygens (including phenoxy) is 1. The van der Waals surface area contributed by atoms with Gasteiger partial charge < -0.3 is 10.1 Å². The third kappa shape index (κ3) is 8.76. The molecular weight excluding hydrogens is 428 g/mol. The van der Waals surface area contributed by atoms with E-state index in [0.717, 1.165) is 31.5 Å². The average molecular weight is 465 g/mol. The fourth-order valence-corrected chi connectivity index (χ4v) is 4.29. The van der Waals surface area contributed by atoms with Gasteiger partial charge in [-0.15, -0.1) is 0 Å². The highest BCUT2D eigenvalue weighted by Gasteiger charge is 2.11. The van der Waals surface area contributed by atoms with Gasteiger partial charge in [0.05, 0.1) is 12.9 Å². The van der Waals surface area contributed by atoms with Gasteiger partial charge in [0.25, 0.3) is 0 Å². The van der Waals surface area contributed by atoms with Gasteiger partial charge in [0.1, 0.15) is 5.75 Å². The number of aryl methyl sites for hydroxylation is 2. The molecule has 1 aliphatic rings. The van der Waals surface area contributed by atoms with Crippen molar-refractivity contribution in [1.82, 2.24) is 24.4 Å². The van der Waals surface area contributed by atoms with Crippen LogP contribution in [0.1, 0.15) is 43.5 Å². The summed E-state index contributed by atoms with van der Waals surface area (Å²) in [4.78, 5) is 7.00. The molecular formula is C22H36N6O3S. The quantitative estimate of drug-likeness (QED) is 0.438. The number of hydrogen-bond acceptors (Lipinski definition) is 7. The number of aromatic nitrogens is 3. The van der Waals surface area contributed by atoms with Crippen LogP contribution in [0.4, 0.5) is 5.95 Å². The van der Waals surface area contributed by atoms with Crippen LogP contribution in [0, 0.1) is 0 Å². The van der Waals surface area contributed by atoms with Gasteiger partial charge in [-0.2, -0.15) is 10.1 Å². The molecule has 1 fully saturated rings. The monoisotopic (exact) mass is 464 g/mol. The second-order valence-corrected chi connectivity index (χ2v) is 10.2. The summed E-state index contributed by atoms with van der Waals surface area (Å²) in [6.45, 7) is 5.13. The Balaban J connectivity index is 1.34. The smallest absolute Gasteiger partial charge is 0.221 e. The van der Waals surface area contributed by atoms with Gasteiger partial charge in [0.15, 0.2) is 5.82 Å². The summed E-state index contributed by atoms with van der Waals surface area (Å²) in [5.41, 5.74) is 1.31. The van der Waals surface area contributed by atoms with Crippen LogP contribution in [0.5, 0.6) is 5.75 Å². The molecule has 0 bridgehead atoms. The zero-order valence-electron chi connectivity index (χ0n) is 19.2. The van der Waals surface area contributed by atoms with Crippen LogP contribution in [-0.2, 0) is 30.0 Å². The standard InChI is InChI=1S/C22H36N6O3S/c1-27-22(25-21(26-27)11-7-13-24-32(2,29)30)23-12-8-16-31-20-10-6-9-19(17-20)18-28-14-4-3-5-15-28/h6,9-10,17,24H,3-5,7-8,11-16,18H2,1-2H3,(H,23,25,26). The van der Waals surface area contributed by atoms with Gasteiger partial charge in [-0.3, -0.25) is 4.90 Å². The lowest BCUT2D eigenvalue weighted by atomic mass is 10.1. The van der Waals surface area contributed by atoms with Gasteiger partial charge >= 0.3 is 0 Å². The first kappa shape index (κ1) is 24.5. The number of anilines is 1. The predicted octanol–water partition coefficient (Wildman–Crippen LogP) is 2.16.